The number of nitrogens with zero attached hydrogens (tertiary/aromatic N) is 5. The van der Waals surface area contributed by atoms with Crippen molar-refractivity contribution >= 4 is 34.5 Å². The number of ether oxygens (including phenoxy) is 4. The summed E-state index contributed by atoms with van der Waals surface area (Å²) in [4.78, 5) is 18.5. The summed E-state index contributed by atoms with van der Waals surface area (Å²) in [5.41, 5.74) is 3.73. The van der Waals surface area contributed by atoms with E-state index in [1.807, 2.05) is 85.1 Å². The van der Waals surface area contributed by atoms with E-state index in [0.29, 0.717) is 50.6 Å². The summed E-state index contributed by atoms with van der Waals surface area (Å²) in [5.74, 6) is 2.83. The topological polar surface area (TPSA) is 102 Å². The Labute approximate surface area is 262 Å². The highest BCUT2D eigenvalue weighted by molar-refractivity contribution is 7.15. The van der Waals surface area contributed by atoms with E-state index in [-0.39, 0.29) is 5.56 Å². The molecule has 0 saturated carbocycles. The van der Waals surface area contributed by atoms with Crippen LogP contribution in [0, 0.1) is 0 Å². The van der Waals surface area contributed by atoms with Crippen LogP contribution in [0.25, 0.3) is 40.1 Å². The highest BCUT2D eigenvalue weighted by atomic mass is 32.1. The molecule has 0 fully saturated rings. The Kier molecular flexibility index (Phi) is 8.43. The molecule has 0 spiro atoms. The van der Waals surface area contributed by atoms with Gasteiger partial charge >= 0.3 is 0 Å². The van der Waals surface area contributed by atoms with Gasteiger partial charge in [0.05, 0.1) is 31.5 Å². The quantitative estimate of drug-likeness (QED) is 0.180. The van der Waals surface area contributed by atoms with Gasteiger partial charge in [-0.3, -0.25) is 4.79 Å². The maximum absolute atomic E-state index is 13.5. The molecule has 0 atom stereocenters. The lowest BCUT2D eigenvalue weighted by Gasteiger charge is -2.09. The van der Waals surface area contributed by atoms with E-state index >= 15 is 0 Å². The highest BCUT2D eigenvalue weighted by Crippen LogP contribution is 2.34. The number of para-hydroxylation sites is 1. The third kappa shape index (κ3) is 6.06. The predicted octanol–water partition coefficient (Wildman–Crippen LogP) is 5.31. The minimum Gasteiger partial charge on any atom is -0.493 e. The molecular formula is C34H29N5O5S. The van der Waals surface area contributed by atoms with Gasteiger partial charge in [-0.1, -0.05) is 54.3 Å². The largest absolute Gasteiger partial charge is 0.493 e. The van der Waals surface area contributed by atoms with Crippen LogP contribution in [0.1, 0.15) is 17.0 Å². The van der Waals surface area contributed by atoms with Crippen LogP contribution in [0.4, 0.5) is 0 Å². The first kappa shape index (κ1) is 29.4. The number of methoxy groups -OCH3 is 3. The fourth-order valence-corrected chi connectivity index (χ4v) is 5.61. The van der Waals surface area contributed by atoms with Gasteiger partial charge in [-0.25, -0.2) is 4.68 Å². The molecule has 11 heteroatoms. The van der Waals surface area contributed by atoms with Crippen molar-refractivity contribution in [3.8, 4) is 39.9 Å². The van der Waals surface area contributed by atoms with Crippen molar-refractivity contribution < 1.29 is 18.9 Å². The third-order valence-corrected chi connectivity index (χ3v) is 7.83. The van der Waals surface area contributed by atoms with Gasteiger partial charge < -0.3 is 18.9 Å². The Balaban J connectivity index is 1.35. The van der Waals surface area contributed by atoms with Gasteiger partial charge in [-0.05, 0) is 60.2 Å². The lowest BCUT2D eigenvalue weighted by Crippen LogP contribution is -2.23. The monoisotopic (exact) mass is 619 g/mol. The van der Waals surface area contributed by atoms with Crippen LogP contribution >= 0.6 is 11.3 Å². The first-order chi connectivity index (χ1) is 22.0. The van der Waals surface area contributed by atoms with Crippen molar-refractivity contribution in [1.29, 1.82) is 0 Å². The molecule has 0 saturated heterocycles. The highest BCUT2D eigenvalue weighted by Gasteiger charge is 2.16. The Bertz CT molecular complexity index is 2130. The second kappa shape index (κ2) is 12.9. The van der Waals surface area contributed by atoms with E-state index in [1.54, 1.807) is 38.2 Å². The summed E-state index contributed by atoms with van der Waals surface area (Å²) in [5, 5.41) is 9.32. The first-order valence-electron chi connectivity index (χ1n) is 13.9. The molecule has 6 aromatic rings. The lowest BCUT2D eigenvalue weighted by molar-refractivity contribution is 0.326. The molecule has 10 nitrogen and oxygen atoms in total. The number of aromatic nitrogens is 5. The Morgan fingerprint density at radius 2 is 1.62 bits per heavy atom. The summed E-state index contributed by atoms with van der Waals surface area (Å²) in [6.07, 6.45) is 8.99. The van der Waals surface area contributed by atoms with Crippen LogP contribution < -0.4 is 29.0 Å². The minimum absolute atomic E-state index is 0.265. The molecule has 0 unspecified atom stereocenters. The van der Waals surface area contributed by atoms with Gasteiger partial charge in [-0.15, -0.1) is 5.10 Å². The van der Waals surface area contributed by atoms with Crippen molar-refractivity contribution in [2.75, 3.05) is 27.9 Å². The zero-order chi connectivity index (χ0) is 31.3. The van der Waals surface area contributed by atoms with Crippen LogP contribution in [0.15, 0.2) is 90.4 Å². The molecule has 0 amide bonds. The number of thiazole rings is 1. The van der Waals surface area contributed by atoms with Crippen molar-refractivity contribution in [3.63, 3.8) is 0 Å². The number of hydrogen-bond acceptors (Lipinski definition) is 9. The maximum Gasteiger partial charge on any atom is 0.291 e. The number of fused-ring (bicyclic) bond motifs is 1. The smallest absolute Gasteiger partial charge is 0.291 e. The van der Waals surface area contributed by atoms with E-state index in [2.05, 4.69) is 16.7 Å². The number of hydrogen-bond donors (Lipinski definition) is 0. The van der Waals surface area contributed by atoms with Crippen molar-refractivity contribution in [1.82, 2.24) is 24.4 Å². The molecule has 45 heavy (non-hydrogen) atoms. The molecule has 0 radical (unpaired) electrons. The summed E-state index contributed by atoms with van der Waals surface area (Å²) in [6.45, 7) is 4.05. The molecule has 0 aliphatic heterocycles. The van der Waals surface area contributed by atoms with Gasteiger partial charge in [0.15, 0.2) is 28.8 Å². The number of benzene rings is 3. The van der Waals surface area contributed by atoms with E-state index in [4.69, 9.17) is 24.0 Å². The normalized spacial score (nSPS) is 11.8. The van der Waals surface area contributed by atoms with Crippen LogP contribution in [0.3, 0.4) is 0 Å². The van der Waals surface area contributed by atoms with E-state index in [9.17, 15) is 4.79 Å². The van der Waals surface area contributed by atoms with E-state index in [1.165, 1.54) is 15.9 Å². The van der Waals surface area contributed by atoms with Gasteiger partial charge in [0.1, 0.15) is 12.3 Å². The lowest BCUT2D eigenvalue weighted by atomic mass is 10.1. The van der Waals surface area contributed by atoms with Gasteiger partial charge in [0, 0.05) is 17.3 Å². The summed E-state index contributed by atoms with van der Waals surface area (Å²) < 4.78 is 25.6. The molecular weight excluding hydrogens is 590 g/mol. The molecule has 0 aliphatic carbocycles. The predicted molar refractivity (Wildman–Crippen MR) is 176 cm³/mol. The molecule has 0 bridgehead atoms. The fraction of sp³-hybridized carbons (Fsp3) is 0.118. The van der Waals surface area contributed by atoms with Crippen molar-refractivity contribution in [3.05, 3.63) is 117 Å². The second-order valence-electron chi connectivity index (χ2n) is 9.71. The second-order valence-corrected chi connectivity index (χ2v) is 10.7. The fourth-order valence-electron chi connectivity index (χ4n) is 4.70. The van der Waals surface area contributed by atoms with Crippen molar-refractivity contribution in [2.45, 2.75) is 0 Å². The van der Waals surface area contributed by atoms with Crippen molar-refractivity contribution in [2.24, 2.45) is 0 Å². The van der Waals surface area contributed by atoms with Crippen LogP contribution in [0.2, 0.25) is 0 Å². The summed E-state index contributed by atoms with van der Waals surface area (Å²) in [7, 11) is 4.77. The maximum atomic E-state index is 13.5. The van der Waals surface area contributed by atoms with Gasteiger partial charge in [0.25, 0.3) is 5.56 Å². The first-order valence-corrected chi connectivity index (χ1v) is 14.7. The van der Waals surface area contributed by atoms with Crippen LogP contribution in [0.5, 0.6) is 23.0 Å². The average molecular weight is 620 g/mol. The third-order valence-electron chi connectivity index (χ3n) is 6.87. The SMILES string of the molecule is C=CCOc1ccc(/C=C/c2nc3s/c(=C\c4cn(-c5ccccc5)nc4-c4ccc(OC)c(OC)c4)c(=O)n3n2)cc1OC. The molecule has 3 aromatic heterocycles. The standard InChI is InChI=1S/C34H29N5O5S/c1-5-17-44-27-14-11-22(18-28(27)42-3)12-16-31-35-34-39(36-31)33(40)30(45-34)20-24-21-38(25-9-7-6-8-10-25)37-32(24)23-13-15-26(41-2)29(19-23)43-4/h5-16,18-21H,1,17H2,2-4H3/b16-12+,30-20-. The van der Waals surface area contributed by atoms with E-state index in [0.717, 1.165) is 22.4 Å². The molecule has 0 aliphatic rings. The van der Waals surface area contributed by atoms with E-state index < -0.39 is 0 Å². The Morgan fingerprint density at radius 1 is 0.867 bits per heavy atom. The molecule has 3 heterocycles. The Hall–Kier alpha value is -5.68. The molecule has 3 aromatic carbocycles. The minimum atomic E-state index is -0.265. The molecule has 6 rings (SSSR count). The zero-order valence-corrected chi connectivity index (χ0v) is 25.7. The summed E-state index contributed by atoms with van der Waals surface area (Å²) >= 11 is 1.26. The number of rotatable bonds is 11. The van der Waals surface area contributed by atoms with Gasteiger partial charge in [0.2, 0.25) is 4.96 Å². The van der Waals surface area contributed by atoms with Crippen LogP contribution in [-0.4, -0.2) is 52.3 Å². The Morgan fingerprint density at radius 3 is 2.36 bits per heavy atom. The molecule has 226 valence electrons. The zero-order valence-electron chi connectivity index (χ0n) is 24.8. The van der Waals surface area contributed by atoms with Gasteiger partial charge in [-0.2, -0.15) is 14.6 Å². The summed E-state index contributed by atoms with van der Waals surface area (Å²) in [6, 6.07) is 21.0. The average Bonchev–Trinajstić information content (AvgIpc) is 3.77. The molecule has 0 N–H and O–H groups in total. The van der Waals surface area contributed by atoms with Crippen LogP contribution in [-0.2, 0) is 0 Å².